The quantitative estimate of drug-likeness (QED) is 0.657. The summed E-state index contributed by atoms with van der Waals surface area (Å²) in [7, 11) is 0. The van der Waals surface area contributed by atoms with Crippen LogP contribution >= 0.6 is 0 Å². The smallest absolute Gasteiger partial charge is 0.272 e. The Labute approximate surface area is 120 Å². The van der Waals surface area contributed by atoms with Gasteiger partial charge in [-0.05, 0) is 37.3 Å². The predicted molar refractivity (Wildman–Crippen MR) is 80.7 cm³/mol. The third-order valence-corrected chi connectivity index (χ3v) is 4.63. The number of benzene rings is 1. The van der Waals surface area contributed by atoms with E-state index in [-0.39, 0.29) is 10.6 Å². The number of hydrogen-bond donors (Lipinski definition) is 1. The molecule has 0 aliphatic heterocycles. The molecule has 1 saturated carbocycles. The zero-order valence-electron chi connectivity index (χ0n) is 12.4. The largest absolute Gasteiger partial charge is 0.312 e. The van der Waals surface area contributed by atoms with Gasteiger partial charge in [0.2, 0.25) is 0 Å². The molecule has 0 saturated heterocycles. The fourth-order valence-electron chi connectivity index (χ4n) is 3.15. The summed E-state index contributed by atoms with van der Waals surface area (Å²) < 4.78 is 0. The summed E-state index contributed by atoms with van der Waals surface area (Å²) in [6, 6.07) is 5.31. The van der Waals surface area contributed by atoms with Crippen LogP contribution in [-0.2, 0) is 6.54 Å². The molecule has 0 radical (unpaired) electrons. The average molecular weight is 276 g/mol. The third-order valence-electron chi connectivity index (χ3n) is 4.63. The van der Waals surface area contributed by atoms with Gasteiger partial charge in [-0.25, -0.2) is 0 Å². The highest BCUT2D eigenvalue weighted by Gasteiger charge is 2.21. The number of nitro benzene ring substituents is 1. The molecule has 2 atom stereocenters. The van der Waals surface area contributed by atoms with E-state index in [9.17, 15) is 10.1 Å². The van der Waals surface area contributed by atoms with Crippen molar-refractivity contribution in [3.05, 3.63) is 39.4 Å². The van der Waals surface area contributed by atoms with Crippen molar-refractivity contribution in [2.75, 3.05) is 6.54 Å². The summed E-state index contributed by atoms with van der Waals surface area (Å²) in [5.41, 5.74) is 2.03. The molecule has 0 aromatic heterocycles. The standard InChI is InChI=1S/C16H24N2O2/c1-12-6-3-4-7-14(12)10-17-11-15-8-5-9-16(13(15)2)18(19)20/h5,8-9,12,14,17H,3-4,6-7,10-11H2,1-2H3. The average Bonchev–Trinajstić information content (AvgIpc) is 2.42. The van der Waals surface area contributed by atoms with Crippen LogP contribution in [0.4, 0.5) is 5.69 Å². The predicted octanol–water partition coefficient (Wildman–Crippen LogP) is 3.82. The van der Waals surface area contributed by atoms with Gasteiger partial charge in [-0.15, -0.1) is 0 Å². The Balaban J connectivity index is 1.91. The molecule has 1 aliphatic carbocycles. The molecule has 2 rings (SSSR count). The summed E-state index contributed by atoms with van der Waals surface area (Å²) in [4.78, 5) is 10.6. The van der Waals surface area contributed by atoms with Crippen LogP contribution in [0.3, 0.4) is 0 Å². The molecule has 0 bridgehead atoms. The van der Waals surface area contributed by atoms with E-state index in [1.54, 1.807) is 12.1 Å². The van der Waals surface area contributed by atoms with E-state index in [1.165, 1.54) is 25.7 Å². The van der Waals surface area contributed by atoms with Crippen molar-refractivity contribution >= 4 is 5.69 Å². The van der Waals surface area contributed by atoms with Gasteiger partial charge in [-0.1, -0.05) is 38.3 Å². The van der Waals surface area contributed by atoms with Gasteiger partial charge >= 0.3 is 0 Å². The maximum atomic E-state index is 10.9. The van der Waals surface area contributed by atoms with Gasteiger partial charge in [-0.2, -0.15) is 0 Å². The maximum Gasteiger partial charge on any atom is 0.272 e. The van der Waals surface area contributed by atoms with E-state index in [0.717, 1.165) is 36.1 Å². The van der Waals surface area contributed by atoms with Gasteiger partial charge in [0.25, 0.3) is 5.69 Å². The van der Waals surface area contributed by atoms with Crippen LogP contribution in [-0.4, -0.2) is 11.5 Å². The Morgan fingerprint density at radius 2 is 2.10 bits per heavy atom. The second-order valence-corrected chi connectivity index (χ2v) is 5.97. The molecule has 110 valence electrons. The molecule has 0 amide bonds. The minimum absolute atomic E-state index is 0.218. The SMILES string of the molecule is Cc1c(CNCC2CCCCC2C)cccc1[N+](=O)[O-]. The Morgan fingerprint density at radius 1 is 1.35 bits per heavy atom. The molecule has 1 aliphatic rings. The Morgan fingerprint density at radius 3 is 2.80 bits per heavy atom. The summed E-state index contributed by atoms with van der Waals surface area (Å²) in [6.45, 7) is 5.91. The highest BCUT2D eigenvalue weighted by molar-refractivity contribution is 5.44. The zero-order chi connectivity index (χ0) is 14.5. The highest BCUT2D eigenvalue weighted by Crippen LogP contribution is 2.29. The van der Waals surface area contributed by atoms with Crippen LogP contribution in [0.2, 0.25) is 0 Å². The van der Waals surface area contributed by atoms with Gasteiger partial charge < -0.3 is 5.32 Å². The Bertz CT molecular complexity index is 474. The first-order valence-corrected chi connectivity index (χ1v) is 7.53. The molecule has 1 aromatic carbocycles. The van der Waals surface area contributed by atoms with E-state index in [2.05, 4.69) is 12.2 Å². The van der Waals surface area contributed by atoms with E-state index in [4.69, 9.17) is 0 Å². The number of rotatable bonds is 5. The Hall–Kier alpha value is -1.42. The lowest BCUT2D eigenvalue weighted by molar-refractivity contribution is -0.385. The summed E-state index contributed by atoms with van der Waals surface area (Å²) in [6.07, 6.45) is 5.35. The molecule has 1 fully saturated rings. The zero-order valence-corrected chi connectivity index (χ0v) is 12.4. The number of nitro groups is 1. The minimum Gasteiger partial charge on any atom is -0.312 e. The number of nitrogens with one attached hydrogen (secondary N) is 1. The number of hydrogen-bond acceptors (Lipinski definition) is 3. The van der Waals surface area contributed by atoms with Crippen molar-refractivity contribution in [3.8, 4) is 0 Å². The molecule has 4 nitrogen and oxygen atoms in total. The molecule has 4 heteroatoms. The normalized spacial score (nSPS) is 22.7. The monoisotopic (exact) mass is 276 g/mol. The van der Waals surface area contributed by atoms with E-state index < -0.39 is 0 Å². The number of nitrogens with zero attached hydrogens (tertiary/aromatic N) is 1. The second kappa shape index (κ2) is 6.84. The molecular formula is C16H24N2O2. The van der Waals surface area contributed by atoms with Gasteiger partial charge in [0, 0.05) is 18.2 Å². The first-order valence-electron chi connectivity index (χ1n) is 7.53. The maximum absolute atomic E-state index is 10.9. The molecule has 1 aromatic rings. The lowest BCUT2D eigenvalue weighted by Gasteiger charge is -2.29. The van der Waals surface area contributed by atoms with Crippen molar-refractivity contribution in [3.63, 3.8) is 0 Å². The van der Waals surface area contributed by atoms with Crippen molar-refractivity contribution in [2.24, 2.45) is 11.8 Å². The van der Waals surface area contributed by atoms with Crippen LogP contribution in [0.1, 0.15) is 43.7 Å². The molecule has 0 spiro atoms. The first-order chi connectivity index (χ1) is 9.59. The topological polar surface area (TPSA) is 55.2 Å². The van der Waals surface area contributed by atoms with Crippen LogP contribution in [0.25, 0.3) is 0 Å². The fourth-order valence-corrected chi connectivity index (χ4v) is 3.15. The van der Waals surface area contributed by atoms with E-state index in [0.29, 0.717) is 0 Å². The van der Waals surface area contributed by atoms with Crippen LogP contribution in [0.15, 0.2) is 18.2 Å². The van der Waals surface area contributed by atoms with Gasteiger partial charge in [0.1, 0.15) is 0 Å². The molecule has 1 N–H and O–H groups in total. The van der Waals surface area contributed by atoms with Crippen molar-refractivity contribution < 1.29 is 4.92 Å². The summed E-state index contributed by atoms with van der Waals surface area (Å²) >= 11 is 0. The van der Waals surface area contributed by atoms with Gasteiger partial charge in [0.05, 0.1) is 4.92 Å². The highest BCUT2D eigenvalue weighted by atomic mass is 16.6. The summed E-state index contributed by atoms with van der Waals surface area (Å²) in [5.74, 6) is 1.55. The first kappa shape index (κ1) is 15.0. The third kappa shape index (κ3) is 3.57. The lowest BCUT2D eigenvalue weighted by atomic mass is 9.80. The van der Waals surface area contributed by atoms with Crippen LogP contribution < -0.4 is 5.32 Å². The van der Waals surface area contributed by atoms with E-state index in [1.807, 2.05) is 13.0 Å². The second-order valence-electron chi connectivity index (χ2n) is 5.97. The Kier molecular flexibility index (Phi) is 5.12. The molecule has 20 heavy (non-hydrogen) atoms. The van der Waals surface area contributed by atoms with Crippen LogP contribution in [0.5, 0.6) is 0 Å². The van der Waals surface area contributed by atoms with Gasteiger partial charge in [-0.3, -0.25) is 10.1 Å². The fraction of sp³-hybridized carbons (Fsp3) is 0.625. The van der Waals surface area contributed by atoms with Crippen molar-refractivity contribution in [1.82, 2.24) is 5.32 Å². The minimum atomic E-state index is -0.304. The molecule has 2 unspecified atom stereocenters. The van der Waals surface area contributed by atoms with Crippen LogP contribution in [0, 0.1) is 28.9 Å². The van der Waals surface area contributed by atoms with Crippen molar-refractivity contribution in [2.45, 2.75) is 46.1 Å². The lowest BCUT2D eigenvalue weighted by Crippen LogP contribution is -2.29. The van der Waals surface area contributed by atoms with E-state index >= 15 is 0 Å². The van der Waals surface area contributed by atoms with Crippen molar-refractivity contribution in [1.29, 1.82) is 0 Å². The molecule has 0 heterocycles. The molecular weight excluding hydrogens is 252 g/mol. The summed E-state index contributed by atoms with van der Waals surface area (Å²) in [5, 5.41) is 14.4. The van der Waals surface area contributed by atoms with Gasteiger partial charge in [0.15, 0.2) is 0 Å².